The molecule has 0 N–H and O–H groups in total. The lowest BCUT2D eigenvalue weighted by atomic mass is 9.92. The van der Waals surface area contributed by atoms with Gasteiger partial charge in [0.05, 0.1) is 0 Å². The molecule has 0 radical (unpaired) electrons. The molecular formula is C13H19NOS. The highest BCUT2D eigenvalue weighted by molar-refractivity contribution is 7.10. The van der Waals surface area contributed by atoms with Gasteiger partial charge in [-0.1, -0.05) is 13.8 Å². The standard InChI is InChI=1S/C13H19NOS/c1-10-11-5-7-16-12(11)4-6-14(10)8-13(2,3)9-15/h5,7,9-10H,4,6,8H2,1-3H3. The zero-order valence-corrected chi connectivity index (χ0v) is 11.0. The molecule has 1 unspecified atom stereocenters. The maximum absolute atomic E-state index is 11.0. The molecular weight excluding hydrogens is 218 g/mol. The Balaban J connectivity index is 2.13. The molecule has 88 valence electrons. The molecule has 0 saturated carbocycles. The second kappa shape index (κ2) is 4.30. The molecule has 0 saturated heterocycles. The second-order valence-electron chi connectivity index (χ2n) is 5.30. The van der Waals surface area contributed by atoms with E-state index in [0.717, 1.165) is 25.8 Å². The molecule has 0 spiro atoms. The number of carbonyl (C=O) groups excluding carboxylic acids is 1. The van der Waals surface area contributed by atoms with Gasteiger partial charge in [-0.3, -0.25) is 4.90 Å². The summed E-state index contributed by atoms with van der Waals surface area (Å²) in [5, 5.41) is 2.18. The first-order valence-corrected chi connectivity index (χ1v) is 6.68. The topological polar surface area (TPSA) is 20.3 Å². The molecule has 1 aliphatic heterocycles. The number of carbonyl (C=O) groups is 1. The van der Waals surface area contributed by atoms with Crippen molar-refractivity contribution in [2.75, 3.05) is 13.1 Å². The third kappa shape index (κ3) is 2.20. The SMILES string of the molecule is CC1c2ccsc2CCN1CC(C)(C)C=O. The fourth-order valence-corrected chi connectivity index (χ4v) is 3.30. The molecule has 1 aromatic heterocycles. The summed E-state index contributed by atoms with van der Waals surface area (Å²) in [4.78, 5) is 14.9. The summed E-state index contributed by atoms with van der Waals surface area (Å²) in [5.41, 5.74) is 1.22. The Morgan fingerprint density at radius 1 is 1.62 bits per heavy atom. The van der Waals surface area contributed by atoms with E-state index < -0.39 is 0 Å². The van der Waals surface area contributed by atoms with Crippen molar-refractivity contribution in [3.8, 4) is 0 Å². The fourth-order valence-electron chi connectivity index (χ4n) is 2.34. The van der Waals surface area contributed by atoms with Crippen LogP contribution in [0.25, 0.3) is 0 Å². The van der Waals surface area contributed by atoms with E-state index in [1.165, 1.54) is 10.4 Å². The average molecular weight is 237 g/mol. The molecule has 0 fully saturated rings. The minimum Gasteiger partial charge on any atom is -0.303 e. The highest BCUT2D eigenvalue weighted by Crippen LogP contribution is 2.34. The van der Waals surface area contributed by atoms with Crippen LogP contribution >= 0.6 is 11.3 Å². The van der Waals surface area contributed by atoms with Gasteiger partial charge in [0.25, 0.3) is 0 Å². The van der Waals surface area contributed by atoms with Gasteiger partial charge in [0.1, 0.15) is 6.29 Å². The van der Waals surface area contributed by atoms with Crippen molar-refractivity contribution in [3.63, 3.8) is 0 Å². The molecule has 2 nitrogen and oxygen atoms in total. The summed E-state index contributed by atoms with van der Waals surface area (Å²) in [6, 6.07) is 2.68. The zero-order chi connectivity index (χ0) is 11.8. The van der Waals surface area contributed by atoms with E-state index in [2.05, 4.69) is 23.3 Å². The number of thiophene rings is 1. The predicted octanol–water partition coefficient (Wildman–Crippen LogP) is 2.89. The maximum atomic E-state index is 11.0. The Morgan fingerprint density at radius 3 is 3.06 bits per heavy atom. The van der Waals surface area contributed by atoms with Crippen LogP contribution in [0.3, 0.4) is 0 Å². The largest absolute Gasteiger partial charge is 0.303 e. The molecule has 1 aromatic rings. The molecule has 0 aromatic carbocycles. The van der Waals surface area contributed by atoms with Crippen molar-refractivity contribution in [2.45, 2.75) is 33.2 Å². The van der Waals surface area contributed by atoms with Crippen LogP contribution in [0.5, 0.6) is 0 Å². The number of fused-ring (bicyclic) bond motifs is 1. The summed E-state index contributed by atoms with van der Waals surface area (Å²) in [7, 11) is 0. The Labute approximate surface area is 101 Å². The van der Waals surface area contributed by atoms with Gasteiger partial charge >= 0.3 is 0 Å². The third-order valence-corrected chi connectivity index (χ3v) is 4.33. The fraction of sp³-hybridized carbons (Fsp3) is 0.615. The average Bonchev–Trinajstić information content (AvgIpc) is 2.71. The van der Waals surface area contributed by atoms with E-state index in [-0.39, 0.29) is 5.41 Å². The molecule has 0 bridgehead atoms. The summed E-state index contributed by atoms with van der Waals surface area (Å²) >= 11 is 1.86. The molecule has 3 heteroatoms. The Morgan fingerprint density at radius 2 is 2.38 bits per heavy atom. The maximum Gasteiger partial charge on any atom is 0.126 e. The lowest BCUT2D eigenvalue weighted by molar-refractivity contribution is -0.115. The number of aldehydes is 1. The van der Waals surface area contributed by atoms with Crippen molar-refractivity contribution in [1.29, 1.82) is 0 Å². The van der Waals surface area contributed by atoms with E-state index in [0.29, 0.717) is 6.04 Å². The first-order valence-electron chi connectivity index (χ1n) is 5.80. The molecule has 16 heavy (non-hydrogen) atoms. The van der Waals surface area contributed by atoms with E-state index in [9.17, 15) is 4.79 Å². The zero-order valence-electron chi connectivity index (χ0n) is 10.2. The summed E-state index contributed by atoms with van der Waals surface area (Å²) in [5.74, 6) is 0. The third-order valence-electron chi connectivity index (χ3n) is 3.33. The molecule has 2 rings (SSSR count). The van der Waals surface area contributed by atoms with Crippen LogP contribution in [0.4, 0.5) is 0 Å². The summed E-state index contributed by atoms with van der Waals surface area (Å²) < 4.78 is 0. The van der Waals surface area contributed by atoms with Gasteiger partial charge in [0, 0.05) is 29.4 Å². The normalized spacial score (nSPS) is 21.8. The van der Waals surface area contributed by atoms with E-state index in [4.69, 9.17) is 0 Å². The minimum atomic E-state index is -0.234. The van der Waals surface area contributed by atoms with Gasteiger partial charge in [0.15, 0.2) is 0 Å². The van der Waals surface area contributed by atoms with Crippen LogP contribution in [-0.4, -0.2) is 24.3 Å². The summed E-state index contributed by atoms with van der Waals surface area (Å²) in [6.45, 7) is 8.19. The molecule has 0 amide bonds. The van der Waals surface area contributed by atoms with Crippen LogP contribution in [0.2, 0.25) is 0 Å². The molecule has 2 heterocycles. The van der Waals surface area contributed by atoms with E-state index in [1.807, 2.05) is 25.2 Å². The van der Waals surface area contributed by atoms with E-state index in [1.54, 1.807) is 0 Å². The van der Waals surface area contributed by atoms with Crippen LogP contribution in [0.1, 0.15) is 37.3 Å². The van der Waals surface area contributed by atoms with Crippen molar-refractivity contribution in [3.05, 3.63) is 21.9 Å². The van der Waals surface area contributed by atoms with E-state index >= 15 is 0 Å². The first-order chi connectivity index (χ1) is 7.53. The van der Waals surface area contributed by atoms with Crippen molar-refractivity contribution >= 4 is 17.6 Å². The molecule has 1 aliphatic rings. The van der Waals surface area contributed by atoms with Crippen LogP contribution in [-0.2, 0) is 11.2 Å². The number of nitrogens with zero attached hydrogens (tertiary/aromatic N) is 1. The number of hydrogen-bond acceptors (Lipinski definition) is 3. The van der Waals surface area contributed by atoms with Gasteiger partial charge in [-0.15, -0.1) is 11.3 Å². The molecule has 0 aliphatic carbocycles. The lowest BCUT2D eigenvalue weighted by Gasteiger charge is -2.37. The van der Waals surface area contributed by atoms with Crippen molar-refractivity contribution in [1.82, 2.24) is 4.90 Å². The highest BCUT2D eigenvalue weighted by atomic mass is 32.1. The van der Waals surface area contributed by atoms with Gasteiger partial charge in [0.2, 0.25) is 0 Å². The van der Waals surface area contributed by atoms with Gasteiger partial charge in [-0.25, -0.2) is 0 Å². The number of hydrogen-bond donors (Lipinski definition) is 0. The quantitative estimate of drug-likeness (QED) is 0.753. The highest BCUT2D eigenvalue weighted by Gasteiger charge is 2.29. The van der Waals surface area contributed by atoms with Crippen LogP contribution < -0.4 is 0 Å². The Kier molecular flexibility index (Phi) is 3.17. The van der Waals surface area contributed by atoms with Crippen LogP contribution in [0, 0.1) is 5.41 Å². The van der Waals surface area contributed by atoms with Crippen molar-refractivity contribution in [2.24, 2.45) is 5.41 Å². The minimum absolute atomic E-state index is 0.234. The monoisotopic (exact) mass is 237 g/mol. The van der Waals surface area contributed by atoms with Gasteiger partial charge in [-0.05, 0) is 30.4 Å². The smallest absolute Gasteiger partial charge is 0.126 e. The lowest BCUT2D eigenvalue weighted by Crippen LogP contribution is -2.40. The molecule has 1 atom stereocenters. The van der Waals surface area contributed by atoms with Gasteiger partial charge in [-0.2, -0.15) is 0 Å². The predicted molar refractivity (Wildman–Crippen MR) is 67.9 cm³/mol. The Hall–Kier alpha value is -0.670. The number of rotatable bonds is 3. The first kappa shape index (κ1) is 11.8. The van der Waals surface area contributed by atoms with Gasteiger partial charge < -0.3 is 4.79 Å². The second-order valence-corrected chi connectivity index (χ2v) is 6.30. The van der Waals surface area contributed by atoms with Crippen LogP contribution in [0.15, 0.2) is 11.4 Å². The van der Waals surface area contributed by atoms with Crippen molar-refractivity contribution < 1.29 is 4.79 Å². The summed E-state index contributed by atoms with van der Waals surface area (Å²) in [6.07, 6.45) is 2.20. The Bertz CT molecular complexity index is 383.